The van der Waals surface area contributed by atoms with Gasteiger partial charge in [0.1, 0.15) is 17.4 Å². The van der Waals surface area contributed by atoms with Crippen molar-refractivity contribution < 1.29 is 19.8 Å². The number of hydrogen-bond acceptors (Lipinski definition) is 4. The van der Waals surface area contributed by atoms with Crippen LogP contribution in [0.4, 0.5) is 5.82 Å². The Morgan fingerprint density at radius 2 is 2.18 bits per heavy atom. The maximum absolute atomic E-state index is 10.9. The van der Waals surface area contributed by atoms with E-state index in [1.807, 2.05) is 6.92 Å². The van der Waals surface area contributed by atoms with Crippen LogP contribution < -0.4 is 5.32 Å². The normalized spacial score (nSPS) is 11.8. The molecule has 1 rings (SSSR count). The fourth-order valence-corrected chi connectivity index (χ4v) is 1.40. The van der Waals surface area contributed by atoms with Crippen molar-refractivity contribution in [1.82, 2.24) is 4.98 Å². The number of carbonyl (C=O) groups is 2. The van der Waals surface area contributed by atoms with Crippen LogP contribution in [0.1, 0.15) is 30.1 Å². The van der Waals surface area contributed by atoms with Gasteiger partial charge >= 0.3 is 11.9 Å². The summed E-state index contributed by atoms with van der Waals surface area (Å²) in [5.74, 6) is -2.07. The van der Waals surface area contributed by atoms with Gasteiger partial charge in [-0.15, -0.1) is 0 Å². The van der Waals surface area contributed by atoms with Crippen LogP contribution in [0, 0.1) is 0 Å². The number of nitrogens with zero attached hydrogens (tertiary/aromatic N) is 1. The topological polar surface area (TPSA) is 99.5 Å². The first kappa shape index (κ1) is 13.0. The Balaban J connectivity index is 2.92. The number of pyridine rings is 1. The molecule has 3 N–H and O–H groups in total. The van der Waals surface area contributed by atoms with Gasteiger partial charge in [-0.05, 0) is 18.6 Å². The number of anilines is 1. The minimum absolute atomic E-state index is 0.0325. The summed E-state index contributed by atoms with van der Waals surface area (Å²) < 4.78 is 0. The highest BCUT2D eigenvalue weighted by Gasteiger charge is 2.19. The number of nitrogens with one attached hydrogen (secondary N) is 1. The Kier molecular flexibility index (Phi) is 4.45. The summed E-state index contributed by atoms with van der Waals surface area (Å²) in [5.41, 5.74) is -0.0325. The molecule has 0 saturated carbocycles. The van der Waals surface area contributed by atoms with Gasteiger partial charge in [-0.25, -0.2) is 14.6 Å². The average Bonchev–Trinajstić information content (AvgIpc) is 2.28. The number of aromatic carboxylic acids is 1. The van der Waals surface area contributed by atoms with Crippen LogP contribution in [0.5, 0.6) is 0 Å². The van der Waals surface area contributed by atoms with Gasteiger partial charge in [-0.3, -0.25) is 0 Å². The van der Waals surface area contributed by atoms with Crippen LogP contribution in [0.3, 0.4) is 0 Å². The van der Waals surface area contributed by atoms with Crippen LogP contribution in [0.25, 0.3) is 0 Å². The van der Waals surface area contributed by atoms with Gasteiger partial charge in [-0.2, -0.15) is 0 Å². The van der Waals surface area contributed by atoms with Gasteiger partial charge in [0, 0.05) is 6.20 Å². The fraction of sp³-hybridized carbons (Fsp3) is 0.364. The van der Waals surface area contributed by atoms with Crippen molar-refractivity contribution in [2.45, 2.75) is 25.8 Å². The second kappa shape index (κ2) is 5.83. The molecule has 1 aromatic rings. The Morgan fingerprint density at radius 1 is 1.47 bits per heavy atom. The molecule has 92 valence electrons. The molecule has 0 saturated heterocycles. The van der Waals surface area contributed by atoms with E-state index in [2.05, 4.69) is 10.3 Å². The number of carboxylic acid groups (broad SMARTS) is 2. The molecule has 0 spiro atoms. The van der Waals surface area contributed by atoms with E-state index in [4.69, 9.17) is 10.2 Å². The predicted molar refractivity (Wildman–Crippen MR) is 61.2 cm³/mol. The summed E-state index contributed by atoms with van der Waals surface area (Å²) in [6.07, 6.45) is 2.50. The molecular formula is C11H14N2O4. The molecule has 6 heteroatoms. The lowest BCUT2D eigenvalue weighted by Crippen LogP contribution is -2.30. The quantitative estimate of drug-likeness (QED) is 0.693. The Morgan fingerprint density at radius 3 is 2.71 bits per heavy atom. The van der Waals surface area contributed by atoms with Crippen LogP contribution >= 0.6 is 0 Å². The highest BCUT2D eigenvalue weighted by molar-refractivity contribution is 5.93. The summed E-state index contributed by atoms with van der Waals surface area (Å²) >= 11 is 0. The average molecular weight is 238 g/mol. The first-order valence-corrected chi connectivity index (χ1v) is 5.24. The first-order valence-electron chi connectivity index (χ1n) is 5.24. The lowest BCUT2D eigenvalue weighted by molar-refractivity contribution is -0.138. The standard InChI is InChI=1S/C11H14N2O4/c1-2-4-8(11(16)17)13-9-7(10(14)15)5-3-6-12-9/h3,5-6,8H,2,4H2,1H3,(H,12,13)(H,14,15)(H,16,17). The molecule has 0 bridgehead atoms. The van der Waals surface area contributed by atoms with Crippen molar-refractivity contribution >= 4 is 17.8 Å². The maximum atomic E-state index is 10.9. The molecule has 0 aromatic carbocycles. The van der Waals surface area contributed by atoms with Crippen molar-refractivity contribution in [2.75, 3.05) is 5.32 Å². The third kappa shape index (κ3) is 3.44. The highest BCUT2D eigenvalue weighted by atomic mass is 16.4. The van der Waals surface area contributed by atoms with Crippen molar-refractivity contribution in [3.63, 3.8) is 0 Å². The zero-order chi connectivity index (χ0) is 12.8. The molecule has 6 nitrogen and oxygen atoms in total. The smallest absolute Gasteiger partial charge is 0.339 e. The minimum Gasteiger partial charge on any atom is -0.480 e. The summed E-state index contributed by atoms with van der Waals surface area (Å²) in [4.78, 5) is 25.7. The molecule has 0 aliphatic carbocycles. The molecule has 1 aromatic heterocycles. The van der Waals surface area contributed by atoms with Gasteiger partial charge in [0.15, 0.2) is 0 Å². The van der Waals surface area contributed by atoms with E-state index in [9.17, 15) is 9.59 Å². The number of aliphatic carboxylic acids is 1. The number of aromatic nitrogens is 1. The molecule has 17 heavy (non-hydrogen) atoms. The second-order valence-electron chi connectivity index (χ2n) is 3.53. The zero-order valence-electron chi connectivity index (χ0n) is 9.38. The Hall–Kier alpha value is -2.11. The number of hydrogen-bond donors (Lipinski definition) is 3. The van der Waals surface area contributed by atoms with Gasteiger partial charge in [0.05, 0.1) is 0 Å². The van der Waals surface area contributed by atoms with Crippen molar-refractivity contribution in [1.29, 1.82) is 0 Å². The molecule has 0 radical (unpaired) electrons. The van der Waals surface area contributed by atoms with E-state index in [-0.39, 0.29) is 11.4 Å². The molecule has 0 aliphatic heterocycles. The molecule has 1 atom stereocenters. The van der Waals surface area contributed by atoms with Crippen molar-refractivity contribution in [3.05, 3.63) is 23.9 Å². The molecule has 1 heterocycles. The van der Waals surface area contributed by atoms with Crippen LogP contribution in [0.15, 0.2) is 18.3 Å². The Labute approximate surface area is 98.3 Å². The lowest BCUT2D eigenvalue weighted by Gasteiger charge is -2.15. The minimum atomic E-state index is -1.14. The largest absolute Gasteiger partial charge is 0.480 e. The molecule has 0 aliphatic rings. The summed E-state index contributed by atoms with van der Waals surface area (Å²) in [6.45, 7) is 1.86. The van der Waals surface area contributed by atoms with Crippen LogP contribution in [-0.2, 0) is 4.79 Å². The van der Waals surface area contributed by atoms with E-state index in [0.717, 1.165) is 0 Å². The van der Waals surface area contributed by atoms with Crippen molar-refractivity contribution in [3.8, 4) is 0 Å². The van der Waals surface area contributed by atoms with Gasteiger partial charge in [-0.1, -0.05) is 13.3 Å². The highest BCUT2D eigenvalue weighted by Crippen LogP contribution is 2.14. The number of carboxylic acids is 2. The van der Waals surface area contributed by atoms with Gasteiger partial charge < -0.3 is 15.5 Å². The fourth-order valence-electron chi connectivity index (χ4n) is 1.40. The predicted octanol–water partition coefficient (Wildman–Crippen LogP) is 1.44. The van der Waals surface area contributed by atoms with E-state index in [1.165, 1.54) is 18.3 Å². The molecule has 0 fully saturated rings. The SMILES string of the molecule is CCCC(Nc1ncccc1C(=O)O)C(=O)O. The van der Waals surface area contributed by atoms with Crippen LogP contribution in [-0.4, -0.2) is 33.2 Å². The third-order valence-electron chi connectivity index (χ3n) is 2.22. The monoisotopic (exact) mass is 238 g/mol. The maximum Gasteiger partial charge on any atom is 0.339 e. The summed E-state index contributed by atoms with van der Waals surface area (Å²) in [7, 11) is 0. The van der Waals surface area contributed by atoms with E-state index in [1.54, 1.807) is 0 Å². The summed E-state index contributed by atoms with van der Waals surface area (Å²) in [5, 5.41) is 20.5. The van der Waals surface area contributed by atoms with E-state index < -0.39 is 18.0 Å². The molecular weight excluding hydrogens is 224 g/mol. The van der Waals surface area contributed by atoms with E-state index >= 15 is 0 Å². The van der Waals surface area contributed by atoms with Crippen LogP contribution in [0.2, 0.25) is 0 Å². The molecule has 0 amide bonds. The summed E-state index contributed by atoms with van der Waals surface area (Å²) in [6, 6.07) is 2.04. The third-order valence-corrected chi connectivity index (χ3v) is 2.22. The Bertz CT molecular complexity index is 420. The van der Waals surface area contributed by atoms with Gasteiger partial charge in [0.25, 0.3) is 0 Å². The van der Waals surface area contributed by atoms with Gasteiger partial charge in [0.2, 0.25) is 0 Å². The van der Waals surface area contributed by atoms with E-state index in [0.29, 0.717) is 12.8 Å². The second-order valence-corrected chi connectivity index (χ2v) is 3.53. The molecule has 1 unspecified atom stereocenters. The van der Waals surface area contributed by atoms with Crippen molar-refractivity contribution in [2.24, 2.45) is 0 Å². The first-order chi connectivity index (χ1) is 8.06. The zero-order valence-corrected chi connectivity index (χ0v) is 9.38. The lowest BCUT2D eigenvalue weighted by atomic mass is 10.1. The number of rotatable bonds is 6.